The summed E-state index contributed by atoms with van der Waals surface area (Å²) in [6, 6.07) is 5.00. The van der Waals surface area contributed by atoms with E-state index in [2.05, 4.69) is 15.3 Å². The van der Waals surface area contributed by atoms with E-state index in [4.69, 9.17) is 11.0 Å². The summed E-state index contributed by atoms with van der Waals surface area (Å²) >= 11 is 0. The molecule has 0 spiro atoms. The number of anilines is 2. The standard InChI is InChI=1S/C20H15F2N5O/c1-9-2-3-25-7-13(9)16-17(21)12-5-15(26-8-14(12)19(24)18(16)22)27-20(28)11-4-10(11)6-23/h2-3,5,7-8,10-11H,4,24H2,1H3,(H,26,27,28)/t10-,11+/m0/s1. The third-order valence-corrected chi connectivity index (χ3v) is 4.96. The first kappa shape index (κ1) is 17.8. The summed E-state index contributed by atoms with van der Waals surface area (Å²) in [6.45, 7) is 1.72. The number of benzene rings is 1. The van der Waals surface area contributed by atoms with Crippen LogP contribution in [-0.4, -0.2) is 15.9 Å². The molecule has 1 aromatic carbocycles. The first-order valence-electron chi connectivity index (χ1n) is 8.60. The normalized spacial score (nSPS) is 17.9. The lowest BCUT2D eigenvalue weighted by Gasteiger charge is -2.14. The molecule has 0 saturated heterocycles. The first-order chi connectivity index (χ1) is 13.4. The highest BCUT2D eigenvalue weighted by Crippen LogP contribution is 2.40. The van der Waals surface area contributed by atoms with Crippen molar-refractivity contribution in [3.8, 4) is 17.2 Å². The molecule has 28 heavy (non-hydrogen) atoms. The van der Waals surface area contributed by atoms with Gasteiger partial charge in [-0.25, -0.2) is 13.8 Å². The number of carbonyl (C=O) groups is 1. The summed E-state index contributed by atoms with van der Waals surface area (Å²) < 4.78 is 30.1. The number of aromatic nitrogens is 2. The van der Waals surface area contributed by atoms with E-state index >= 15 is 4.39 Å². The van der Waals surface area contributed by atoms with E-state index < -0.39 is 11.6 Å². The Balaban J connectivity index is 1.81. The minimum atomic E-state index is -0.880. The number of pyridine rings is 2. The number of amides is 1. The van der Waals surface area contributed by atoms with Crippen LogP contribution in [0.1, 0.15) is 12.0 Å². The van der Waals surface area contributed by atoms with Gasteiger partial charge in [0.1, 0.15) is 11.6 Å². The monoisotopic (exact) mass is 379 g/mol. The molecule has 1 saturated carbocycles. The summed E-state index contributed by atoms with van der Waals surface area (Å²) in [5, 5.41) is 11.6. The molecule has 140 valence electrons. The van der Waals surface area contributed by atoms with E-state index in [0.717, 1.165) is 0 Å². The van der Waals surface area contributed by atoms with Gasteiger partial charge in [-0.2, -0.15) is 5.26 Å². The average molecular weight is 379 g/mol. The number of rotatable bonds is 3. The molecule has 1 fully saturated rings. The lowest BCUT2D eigenvalue weighted by molar-refractivity contribution is -0.117. The number of carbonyl (C=O) groups excluding carboxylic acids is 1. The summed E-state index contributed by atoms with van der Waals surface area (Å²) in [7, 11) is 0. The SMILES string of the molecule is Cc1ccncc1-c1c(F)c(N)c2cnc(NC(=O)[C@@H]3C[C@H]3C#N)cc2c1F. The van der Waals surface area contributed by atoms with Gasteiger partial charge in [-0.1, -0.05) is 0 Å². The third-order valence-electron chi connectivity index (χ3n) is 4.96. The van der Waals surface area contributed by atoms with Crippen LogP contribution in [0, 0.1) is 41.7 Å². The molecule has 2 atom stereocenters. The molecule has 4 rings (SSSR count). The zero-order chi connectivity index (χ0) is 20.0. The Morgan fingerprint density at radius 2 is 2.11 bits per heavy atom. The maximum Gasteiger partial charge on any atom is 0.230 e. The lowest BCUT2D eigenvalue weighted by atomic mass is 9.97. The van der Waals surface area contributed by atoms with E-state index in [1.54, 1.807) is 13.0 Å². The van der Waals surface area contributed by atoms with Crippen LogP contribution in [0.15, 0.2) is 30.7 Å². The van der Waals surface area contributed by atoms with Crippen molar-refractivity contribution >= 4 is 28.2 Å². The Kier molecular flexibility index (Phi) is 4.15. The second-order valence-electron chi connectivity index (χ2n) is 6.79. The molecule has 0 bridgehead atoms. The van der Waals surface area contributed by atoms with Gasteiger partial charge in [0.2, 0.25) is 5.91 Å². The van der Waals surface area contributed by atoms with Gasteiger partial charge in [-0.05, 0) is 31.0 Å². The molecule has 1 aliphatic carbocycles. The van der Waals surface area contributed by atoms with Crippen molar-refractivity contribution in [1.82, 2.24) is 9.97 Å². The van der Waals surface area contributed by atoms with Crippen LogP contribution in [0.3, 0.4) is 0 Å². The molecule has 1 aliphatic rings. The average Bonchev–Trinajstić information content (AvgIpc) is 3.48. The highest BCUT2D eigenvalue weighted by molar-refractivity contribution is 6.01. The van der Waals surface area contributed by atoms with E-state index in [1.165, 1.54) is 24.7 Å². The maximum absolute atomic E-state index is 15.3. The second kappa shape index (κ2) is 6.53. The fourth-order valence-electron chi connectivity index (χ4n) is 3.21. The van der Waals surface area contributed by atoms with Gasteiger partial charge in [0.25, 0.3) is 0 Å². The number of halogens is 2. The second-order valence-corrected chi connectivity index (χ2v) is 6.79. The number of aryl methyl sites for hydroxylation is 1. The third kappa shape index (κ3) is 2.81. The number of fused-ring (bicyclic) bond motifs is 1. The molecule has 6 nitrogen and oxygen atoms in total. The Hall–Kier alpha value is -3.60. The summed E-state index contributed by atoms with van der Waals surface area (Å²) in [4.78, 5) is 20.1. The summed E-state index contributed by atoms with van der Waals surface area (Å²) in [5.41, 5.74) is 6.33. The Bertz CT molecular complexity index is 1170. The number of nitriles is 1. The molecular formula is C20H15F2N5O. The predicted octanol–water partition coefficient (Wildman–Crippen LogP) is 3.56. The van der Waals surface area contributed by atoms with Crippen molar-refractivity contribution in [1.29, 1.82) is 5.26 Å². The van der Waals surface area contributed by atoms with E-state index in [0.29, 0.717) is 17.5 Å². The van der Waals surface area contributed by atoms with E-state index in [9.17, 15) is 9.18 Å². The van der Waals surface area contributed by atoms with Gasteiger partial charge in [-0.15, -0.1) is 0 Å². The van der Waals surface area contributed by atoms with Crippen molar-refractivity contribution in [3.05, 3.63) is 47.9 Å². The number of nitrogens with one attached hydrogen (secondary N) is 1. The topological polar surface area (TPSA) is 105 Å². The minimum Gasteiger partial charge on any atom is -0.396 e. The summed E-state index contributed by atoms with van der Waals surface area (Å²) in [6.07, 6.45) is 4.62. The molecule has 3 N–H and O–H groups in total. The van der Waals surface area contributed by atoms with Crippen LogP contribution in [0.4, 0.5) is 20.3 Å². The molecule has 3 aromatic rings. The van der Waals surface area contributed by atoms with Crippen molar-refractivity contribution in [2.75, 3.05) is 11.1 Å². The zero-order valence-corrected chi connectivity index (χ0v) is 14.8. The molecule has 1 amide bonds. The highest BCUT2D eigenvalue weighted by atomic mass is 19.1. The van der Waals surface area contributed by atoms with Crippen LogP contribution in [0.2, 0.25) is 0 Å². The van der Waals surface area contributed by atoms with Gasteiger partial charge in [0, 0.05) is 34.9 Å². The number of nitrogens with zero attached hydrogens (tertiary/aromatic N) is 3. The highest BCUT2D eigenvalue weighted by Gasteiger charge is 2.43. The lowest BCUT2D eigenvalue weighted by Crippen LogP contribution is -2.15. The quantitative estimate of drug-likeness (QED) is 0.677. The molecule has 0 aliphatic heterocycles. The molecular weight excluding hydrogens is 364 g/mol. The number of nitrogen functional groups attached to an aromatic ring is 1. The van der Waals surface area contributed by atoms with Crippen LogP contribution in [0.5, 0.6) is 0 Å². The van der Waals surface area contributed by atoms with Crippen LogP contribution < -0.4 is 11.1 Å². The number of hydrogen-bond acceptors (Lipinski definition) is 5. The van der Waals surface area contributed by atoms with Crippen molar-refractivity contribution in [2.24, 2.45) is 11.8 Å². The van der Waals surface area contributed by atoms with E-state index in [-0.39, 0.29) is 45.6 Å². The van der Waals surface area contributed by atoms with Crippen molar-refractivity contribution in [2.45, 2.75) is 13.3 Å². The Morgan fingerprint density at radius 1 is 1.32 bits per heavy atom. The van der Waals surface area contributed by atoms with Gasteiger partial charge in [0.05, 0.1) is 29.2 Å². The fourth-order valence-corrected chi connectivity index (χ4v) is 3.21. The predicted molar refractivity (Wildman–Crippen MR) is 99.9 cm³/mol. The first-order valence-corrected chi connectivity index (χ1v) is 8.60. The van der Waals surface area contributed by atoms with Crippen LogP contribution in [-0.2, 0) is 4.79 Å². The van der Waals surface area contributed by atoms with Gasteiger partial charge in [0.15, 0.2) is 5.82 Å². The molecule has 2 heterocycles. The number of hydrogen-bond donors (Lipinski definition) is 2. The van der Waals surface area contributed by atoms with Crippen molar-refractivity contribution in [3.63, 3.8) is 0 Å². The smallest absolute Gasteiger partial charge is 0.230 e. The number of nitrogens with two attached hydrogens (primary N) is 1. The Labute approximate surface area is 159 Å². The van der Waals surface area contributed by atoms with Crippen molar-refractivity contribution < 1.29 is 13.6 Å². The molecule has 0 unspecified atom stereocenters. The molecule has 0 radical (unpaired) electrons. The van der Waals surface area contributed by atoms with Crippen LogP contribution in [0.25, 0.3) is 21.9 Å². The molecule has 8 heteroatoms. The molecule has 2 aromatic heterocycles. The van der Waals surface area contributed by atoms with Gasteiger partial charge < -0.3 is 11.1 Å². The van der Waals surface area contributed by atoms with Gasteiger partial charge in [-0.3, -0.25) is 9.78 Å². The fraction of sp³-hybridized carbons (Fsp3) is 0.200. The van der Waals surface area contributed by atoms with Crippen LogP contribution >= 0.6 is 0 Å². The Morgan fingerprint density at radius 3 is 2.79 bits per heavy atom. The zero-order valence-electron chi connectivity index (χ0n) is 14.8. The van der Waals surface area contributed by atoms with E-state index in [1.807, 2.05) is 6.07 Å². The minimum absolute atomic E-state index is 0.0371. The maximum atomic E-state index is 15.3. The largest absolute Gasteiger partial charge is 0.396 e. The van der Waals surface area contributed by atoms with Gasteiger partial charge >= 0.3 is 0 Å². The summed E-state index contributed by atoms with van der Waals surface area (Å²) in [5.74, 6) is -2.62.